The lowest BCUT2D eigenvalue weighted by Gasteiger charge is -2.14. The molecule has 1 fully saturated rings. The molecule has 0 aliphatic carbocycles. The fraction of sp³-hybridized carbons (Fsp3) is 0.150. The highest BCUT2D eigenvalue weighted by molar-refractivity contribution is 8.26. The number of thioether (sulfide) groups is 1. The maximum Gasteiger partial charge on any atom is 0.266 e. The standard InChI is InChI=1S/C20H17ClN2O2S2/c21-16-9-5-4-8-15(16)12-17-19(25)23(20(26)27-17)13-18(24)22-11-10-14-6-2-1-3-7-14/h1-9,12H,10-11,13H2,(H,22,24)/b17-12-. The molecule has 1 saturated heterocycles. The topological polar surface area (TPSA) is 49.4 Å². The number of thiocarbonyl (C=S) groups is 1. The van der Waals surface area contributed by atoms with E-state index in [1.807, 2.05) is 48.5 Å². The van der Waals surface area contributed by atoms with E-state index in [1.165, 1.54) is 16.7 Å². The van der Waals surface area contributed by atoms with Crippen LogP contribution in [-0.4, -0.2) is 34.1 Å². The van der Waals surface area contributed by atoms with Crippen LogP contribution >= 0.6 is 35.6 Å². The van der Waals surface area contributed by atoms with Crippen LogP contribution in [0.1, 0.15) is 11.1 Å². The second-order valence-corrected chi connectivity index (χ2v) is 7.96. The van der Waals surface area contributed by atoms with Gasteiger partial charge in [-0.25, -0.2) is 0 Å². The Balaban J connectivity index is 1.57. The van der Waals surface area contributed by atoms with E-state index < -0.39 is 0 Å². The van der Waals surface area contributed by atoms with Crippen molar-refractivity contribution < 1.29 is 9.59 Å². The monoisotopic (exact) mass is 416 g/mol. The highest BCUT2D eigenvalue weighted by Gasteiger charge is 2.33. The predicted octanol–water partition coefficient (Wildman–Crippen LogP) is 3.90. The van der Waals surface area contributed by atoms with E-state index in [4.69, 9.17) is 23.8 Å². The minimum absolute atomic E-state index is 0.0840. The van der Waals surface area contributed by atoms with Gasteiger partial charge < -0.3 is 5.32 Å². The van der Waals surface area contributed by atoms with Crippen LogP contribution in [0.15, 0.2) is 59.5 Å². The number of hydrogen-bond donors (Lipinski definition) is 1. The third-order valence-corrected chi connectivity index (χ3v) is 5.67. The number of amides is 2. The van der Waals surface area contributed by atoms with E-state index in [0.29, 0.717) is 20.8 Å². The summed E-state index contributed by atoms with van der Waals surface area (Å²) in [7, 11) is 0. The molecule has 0 spiro atoms. The lowest BCUT2D eigenvalue weighted by atomic mass is 10.1. The van der Waals surface area contributed by atoms with Crippen LogP contribution < -0.4 is 5.32 Å². The van der Waals surface area contributed by atoms with Gasteiger partial charge in [-0.2, -0.15) is 0 Å². The summed E-state index contributed by atoms with van der Waals surface area (Å²) in [6.45, 7) is 0.423. The smallest absolute Gasteiger partial charge is 0.266 e. The molecule has 0 atom stereocenters. The van der Waals surface area contributed by atoms with Crippen molar-refractivity contribution >= 4 is 57.8 Å². The third kappa shape index (κ3) is 5.19. The number of benzene rings is 2. The molecule has 2 aromatic carbocycles. The van der Waals surface area contributed by atoms with Crippen LogP contribution in [0.4, 0.5) is 0 Å². The summed E-state index contributed by atoms with van der Waals surface area (Å²) in [4.78, 5) is 26.6. The average Bonchev–Trinajstić information content (AvgIpc) is 2.92. The largest absolute Gasteiger partial charge is 0.354 e. The van der Waals surface area contributed by atoms with Gasteiger partial charge in [-0.05, 0) is 29.7 Å². The Labute approximate surface area is 172 Å². The molecule has 0 bridgehead atoms. The first-order chi connectivity index (χ1) is 13.0. The Hall–Kier alpha value is -2.15. The van der Waals surface area contributed by atoms with Gasteiger partial charge >= 0.3 is 0 Å². The fourth-order valence-electron chi connectivity index (χ4n) is 2.56. The zero-order chi connectivity index (χ0) is 19.2. The fourth-order valence-corrected chi connectivity index (χ4v) is 4.00. The van der Waals surface area contributed by atoms with Gasteiger partial charge in [0.15, 0.2) is 0 Å². The number of hydrogen-bond acceptors (Lipinski definition) is 4. The molecule has 1 aliphatic rings. The van der Waals surface area contributed by atoms with Gasteiger partial charge in [-0.1, -0.05) is 84.1 Å². The highest BCUT2D eigenvalue weighted by atomic mass is 35.5. The number of halogens is 1. The molecule has 3 rings (SSSR count). The quantitative estimate of drug-likeness (QED) is 0.573. The second kappa shape index (κ2) is 9.17. The number of carbonyl (C=O) groups excluding carboxylic acids is 2. The van der Waals surface area contributed by atoms with Crippen molar-refractivity contribution in [3.63, 3.8) is 0 Å². The van der Waals surface area contributed by atoms with E-state index in [1.54, 1.807) is 12.1 Å². The number of nitrogens with zero attached hydrogens (tertiary/aromatic N) is 1. The Kier molecular flexibility index (Phi) is 6.66. The first-order valence-electron chi connectivity index (χ1n) is 8.35. The third-order valence-electron chi connectivity index (χ3n) is 3.95. The summed E-state index contributed by atoms with van der Waals surface area (Å²) in [6, 6.07) is 17.1. The normalized spacial score (nSPS) is 15.4. The molecular weight excluding hydrogens is 400 g/mol. The van der Waals surface area contributed by atoms with Crippen molar-refractivity contribution in [1.29, 1.82) is 0 Å². The van der Waals surface area contributed by atoms with Crippen molar-refractivity contribution in [2.24, 2.45) is 0 Å². The Bertz CT molecular complexity index is 900. The Morgan fingerprint density at radius 2 is 1.85 bits per heavy atom. The van der Waals surface area contributed by atoms with Crippen molar-refractivity contribution in [3.05, 3.63) is 75.7 Å². The molecule has 138 valence electrons. The van der Waals surface area contributed by atoms with Crippen LogP contribution in [0.25, 0.3) is 6.08 Å². The minimum Gasteiger partial charge on any atom is -0.354 e. The maximum absolute atomic E-state index is 12.6. The minimum atomic E-state index is -0.275. The lowest BCUT2D eigenvalue weighted by Crippen LogP contribution is -2.40. The van der Waals surface area contributed by atoms with Crippen molar-refractivity contribution in [1.82, 2.24) is 10.2 Å². The molecule has 1 aliphatic heterocycles. The second-order valence-electron chi connectivity index (χ2n) is 5.87. The SMILES string of the molecule is O=C(CN1C(=O)/C(=C/c2ccccc2Cl)SC1=S)NCCc1ccccc1. The van der Waals surface area contributed by atoms with Gasteiger partial charge in [0.25, 0.3) is 5.91 Å². The van der Waals surface area contributed by atoms with Gasteiger partial charge in [0.2, 0.25) is 5.91 Å². The summed E-state index contributed by atoms with van der Waals surface area (Å²) in [6.07, 6.45) is 2.44. The van der Waals surface area contributed by atoms with Crippen molar-refractivity contribution in [3.8, 4) is 0 Å². The molecule has 2 amide bonds. The molecule has 1 heterocycles. The predicted molar refractivity (Wildman–Crippen MR) is 114 cm³/mol. The molecule has 0 aromatic heterocycles. The average molecular weight is 417 g/mol. The number of rotatable bonds is 6. The zero-order valence-electron chi connectivity index (χ0n) is 14.4. The zero-order valence-corrected chi connectivity index (χ0v) is 16.7. The van der Waals surface area contributed by atoms with Gasteiger partial charge in [0.1, 0.15) is 10.9 Å². The van der Waals surface area contributed by atoms with Crippen molar-refractivity contribution in [2.45, 2.75) is 6.42 Å². The van der Waals surface area contributed by atoms with Crippen LogP contribution in [0.2, 0.25) is 5.02 Å². The van der Waals surface area contributed by atoms with Crippen molar-refractivity contribution in [2.75, 3.05) is 13.1 Å². The van der Waals surface area contributed by atoms with E-state index in [0.717, 1.165) is 17.5 Å². The summed E-state index contributed by atoms with van der Waals surface area (Å²) in [5.41, 5.74) is 1.89. The summed E-state index contributed by atoms with van der Waals surface area (Å²) >= 11 is 12.6. The van der Waals surface area contributed by atoms with E-state index in [2.05, 4.69) is 5.32 Å². The molecule has 7 heteroatoms. The van der Waals surface area contributed by atoms with Crippen LogP contribution in [0.5, 0.6) is 0 Å². The van der Waals surface area contributed by atoms with Gasteiger partial charge in [-0.15, -0.1) is 0 Å². The summed E-state index contributed by atoms with van der Waals surface area (Å²) in [5, 5.41) is 3.39. The van der Waals surface area contributed by atoms with Crippen LogP contribution in [0, 0.1) is 0 Å². The van der Waals surface area contributed by atoms with Gasteiger partial charge in [0.05, 0.1) is 4.91 Å². The summed E-state index contributed by atoms with van der Waals surface area (Å²) in [5.74, 6) is -0.510. The molecule has 1 N–H and O–H groups in total. The molecule has 4 nitrogen and oxygen atoms in total. The molecule has 0 unspecified atom stereocenters. The summed E-state index contributed by atoms with van der Waals surface area (Å²) < 4.78 is 0.372. The molecule has 0 radical (unpaired) electrons. The lowest BCUT2D eigenvalue weighted by molar-refractivity contribution is -0.128. The first kappa shape index (κ1) is 19.6. The van der Waals surface area contributed by atoms with Crippen LogP contribution in [-0.2, 0) is 16.0 Å². The van der Waals surface area contributed by atoms with E-state index in [9.17, 15) is 9.59 Å². The van der Waals surface area contributed by atoms with E-state index >= 15 is 0 Å². The highest BCUT2D eigenvalue weighted by Crippen LogP contribution is 2.33. The maximum atomic E-state index is 12.6. The number of carbonyl (C=O) groups is 2. The van der Waals surface area contributed by atoms with Crippen LogP contribution in [0.3, 0.4) is 0 Å². The Morgan fingerprint density at radius 1 is 1.15 bits per heavy atom. The number of nitrogens with one attached hydrogen (secondary N) is 1. The first-order valence-corrected chi connectivity index (χ1v) is 9.95. The van der Waals surface area contributed by atoms with Gasteiger partial charge in [0, 0.05) is 11.6 Å². The molecule has 0 saturated carbocycles. The molecular formula is C20H17ClN2O2S2. The molecule has 27 heavy (non-hydrogen) atoms. The molecule has 2 aromatic rings. The van der Waals surface area contributed by atoms with Gasteiger partial charge in [-0.3, -0.25) is 14.5 Å². The Morgan fingerprint density at radius 3 is 2.59 bits per heavy atom. The van der Waals surface area contributed by atoms with E-state index in [-0.39, 0.29) is 18.4 Å².